The molecule has 0 saturated heterocycles. The molecule has 5 nitrogen and oxygen atoms in total. The van der Waals surface area contributed by atoms with Crippen LogP contribution in [0.15, 0.2) is 53.6 Å². The van der Waals surface area contributed by atoms with Gasteiger partial charge in [0.25, 0.3) is 0 Å². The SMILES string of the molecule is CCc1c(C)c(C#N)c2nc3ccccc3n2c1N/N=C\c1ccc(C(C)C)cc1. The van der Waals surface area contributed by atoms with Crippen LogP contribution in [0.4, 0.5) is 5.82 Å². The van der Waals surface area contributed by atoms with E-state index in [4.69, 9.17) is 4.98 Å². The third-order valence-corrected chi connectivity index (χ3v) is 5.57. The number of para-hydroxylation sites is 2. The van der Waals surface area contributed by atoms with Crippen LogP contribution in [0.5, 0.6) is 0 Å². The van der Waals surface area contributed by atoms with Crippen molar-refractivity contribution in [3.8, 4) is 6.07 Å². The van der Waals surface area contributed by atoms with Crippen molar-refractivity contribution >= 4 is 28.7 Å². The molecule has 0 unspecified atom stereocenters. The highest BCUT2D eigenvalue weighted by atomic mass is 15.3. The molecule has 5 heteroatoms. The third-order valence-electron chi connectivity index (χ3n) is 5.57. The second kappa shape index (κ2) is 8.00. The number of imidazole rings is 1. The van der Waals surface area contributed by atoms with E-state index in [1.165, 1.54) is 5.56 Å². The lowest BCUT2D eigenvalue weighted by molar-refractivity contribution is 0.866. The summed E-state index contributed by atoms with van der Waals surface area (Å²) in [4.78, 5) is 4.72. The Bertz CT molecular complexity index is 1290. The standard InChI is InChI=1S/C25H25N5/c1-5-20-17(4)21(14-26)24-28-22-8-6-7-9-23(22)30(24)25(20)29-27-15-18-10-12-19(13-11-18)16(2)3/h6-13,15-16,29H,5H2,1-4H3/b27-15-. The van der Waals surface area contributed by atoms with E-state index in [1.54, 1.807) is 0 Å². The first kappa shape index (κ1) is 19.7. The van der Waals surface area contributed by atoms with Crippen LogP contribution in [-0.2, 0) is 6.42 Å². The second-order valence-corrected chi connectivity index (χ2v) is 7.74. The summed E-state index contributed by atoms with van der Waals surface area (Å²) in [5.41, 5.74) is 10.7. The molecule has 2 aromatic heterocycles. The molecule has 1 N–H and O–H groups in total. The minimum Gasteiger partial charge on any atom is -0.276 e. The van der Waals surface area contributed by atoms with Gasteiger partial charge in [0.05, 0.1) is 22.8 Å². The van der Waals surface area contributed by atoms with Gasteiger partial charge < -0.3 is 0 Å². The molecule has 30 heavy (non-hydrogen) atoms. The Kier molecular flexibility index (Phi) is 5.24. The molecule has 0 radical (unpaired) electrons. The van der Waals surface area contributed by atoms with Gasteiger partial charge in [-0.3, -0.25) is 9.83 Å². The molecule has 0 bridgehead atoms. The smallest absolute Gasteiger partial charge is 0.157 e. The van der Waals surface area contributed by atoms with E-state index in [0.29, 0.717) is 17.1 Å². The Hall–Kier alpha value is -3.65. The van der Waals surface area contributed by atoms with Crippen LogP contribution < -0.4 is 5.43 Å². The summed E-state index contributed by atoms with van der Waals surface area (Å²) in [5.74, 6) is 1.36. The number of nitriles is 1. The quantitative estimate of drug-likeness (QED) is 0.343. The van der Waals surface area contributed by atoms with Gasteiger partial charge in [-0.1, -0.05) is 57.2 Å². The number of pyridine rings is 1. The summed E-state index contributed by atoms with van der Waals surface area (Å²) >= 11 is 0. The number of fused-ring (bicyclic) bond motifs is 3. The Morgan fingerprint density at radius 2 is 1.90 bits per heavy atom. The van der Waals surface area contributed by atoms with Crippen LogP contribution in [0.3, 0.4) is 0 Å². The number of hydrazone groups is 1. The molecule has 150 valence electrons. The summed E-state index contributed by atoms with van der Waals surface area (Å²) < 4.78 is 2.01. The van der Waals surface area contributed by atoms with E-state index in [1.807, 2.05) is 41.8 Å². The maximum absolute atomic E-state index is 9.79. The molecular formula is C25H25N5. The van der Waals surface area contributed by atoms with E-state index in [9.17, 15) is 5.26 Å². The Morgan fingerprint density at radius 1 is 1.17 bits per heavy atom. The molecule has 0 saturated carbocycles. The van der Waals surface area contributed by atoms with E-state index >= 15 is 0 Å². The lowest BCUT2D eigenvalue weighted by Crippen LogP contribution is -2.07. The highest BCUT2D eigenvalue weighted by molar-refractivity contribution is 5.86. The van der Waals surface area contributed by atoms with Gasteiger partial charge in [0.1, 0.15) is 11.9 Å². The average Bonchev–Trinajstić information content (AvgIpc) is 3.13. The summed E-state index contributed by atoms with van der Waals surface area (Å²) in [7, 11) is 0. The zero-order valence-corrected chi connectivity index (χ0v) is 17.8. The molecule has 2 heterocycles. The lowest BCUT2D eigenvalue weighted by Gasteiger charge is -2.15. The fraction of sp³-hybridized carbons (Fsp3) is 0.240. The summed E-state index contributed by atoms with van der Waals surface area (Å²) in [5, 5.41) is 14.3. The number of nitrogens with zero attached hydrogens (tertiary/aromatic N) is 4. The minimum atomic E-state index is 0.505. The highest BCUT2D eigenvalue weighted by Gasteiger charge is 2.19. The van der Waals surface area contributed by atoms with Gasteiger partial charge >= 0.3 is 0 Å². The highest BCUT2D eigenvalue weighted by Crippen LogP contribution is 2.31. The van der Waals surface area contributed by atoms with Gasteiger partial charge in [0.15, 0.2) is 5.65 Å². The first-order chi connectivity index (χ1) is 14.5. The number of benzene rings is 2. The summed E-state index contributed by atoms with van der Waals surface area (Å²) in [6.45, 7) is 8.44. The number of rotatable bonds is 5. The molecule has 0 aliphatic rings. The monoisotopic (exact) mass is 395 g/mol. The minimum absolute atomic E-state index is 0.505. The van der Waals surface area contributed by atoms with Gasteiger partial charge in [0, 0.05) is 0 Å². The average molecular weight is 396 g/mol. The van der Waals surface area contributed by atoms with Crippen LogP contribution in [0.1, 0.15) is 54.5 Å². The van der Waals surface area contributed by atoms with Gasteiger partial charge in [-0.05, 0) is 53.6 Å². The lowest BCUT2D eigenvalue weighted by atomic mass is 10.0. The molecule has 4 aromatic rings. The number of nitrogens with one attached hydrogen (secondary N) is 1. The molecule has 0 aliphatic carbocycles. The predicted octanol–water partition coefficient (Wildman–Crippen LogP) is 5.80. The van der Waals surface area contributed by atoms with Crippen molar-refractivity contribution in [2.24, 2.45) is 5.10 Å². The van der Waals surface area contributed by atoms with Crippen molar-refractivity contribution in [1.29, 1.82) is 5.26 Å². The van der Waals surface area contributed by atoms with Gasteiger partial charge in [0.2, 0.25) is 0 Å². The molecule has 0 spiro atoms. The summed E-state index contributed by atoms with van der Waals surface area (Å²) in [6.07, 6.45) is 2.60. The third kappa shape index (κ3) is 3.31. The first-order valence-electron chi connectivity index (χ1n) is 10.3. The van der Waals surface area contributed by atoms with E-state index in [2.05, 4.69) is 61.6 Å². The number of anilines is 1. The van der Waals surface area contributed by atoms with Crippen LogP contribution in [-0.4, -0.2) is 15.6 Å². The molecule has 0 amide bonds. The van der Waals surface area contributed by atoms with Crippen molar-refractivity contribution in [3.05, 3.63) is 76.3 Å². The number of aromatic nitrogens is 2. The number of hydrogen-bond acceptors (Lipinski definition) is 4. The fourth-order valence-corrected chi connectivity index (χ4v) is 3.87. The maximum atomic E-state index is 9.79. The molecule has 0 atom stereocenters. The van der Waals surface area contributed by atoms with Gasteiger partial charge in [-0.2, -0.15) is 10.4 Å². The van der Waals surface area contributed by atoms with E-state index in [-0.39, 0.29) is 0 Å². The van der Waals surface area contributed by atoms with Gasteiger partial charge in [-0.25, -0.2) is 4.98 Å². The van der Waals surface area contributed by atoms with Crippen LogP contribution >= 0.6 is 0 Å². The molecular weight excluding hydrogens is 370 g/mol. The normalized spacial score (nSPS) is 11.6. The predicted molar refractivity (Wildman–Crippen MR) is 123 cm³/mol. The second-order valence-electron chi connectivity index (χ2n) is 7.74. The van der Waals surface area contributed by atoms with Crippen molar-refractivity contribution in [3.63, 3.8) is 0 Å². The first-order valence-corrected chi connectivity index (χ1v) is 10.3. The topological polar surface area (TPSA) is 65.5 Å². The van der Waals surface area contributed by atoms with Crippen LogP contribution in [0.2, 0.25) is 0 Å². The van der Waals surface area contributed by atoms with Gasteiger partial charge in [-0.15, -0.1) is 0 Å². The number of hydrogen-bond donors (Lipinski definition) is 1. The fourth-order valence-electron chi connectivity index (χ4n) is 3.87. The Morgan fingerprint density at radius 3 is 2.57 bits per heavy atom. The Balaban J connectivity index is 1.82. The van der Waals surface area contributed by atoms with E-state index in [0.717, 1.165) is 40.0 Å². The Labute approximate surface area is 176 Å². The van der Waals surface area contributed by atoms with Crippen molar-refractivity contribution in [1.82, 2.24) is 9.38 Å². The van der Waals surface area contributed by atoms with Crippen molar-refractivity contribution in [2.45, 2.75) is 40.0 Å². The van der Waals surface area contributed by atoms with Crippen molar-refractivity contribution < 1.29 is 0 Å². The largest absolute Gasteiger partial charge is 0.276 e. The zero-order chi connectivity index (χ0) is 21.3. The molecule has 2 aromatic carbocycles. The van der Waals surface area contributed by atoms with Crippen LogP contribution in [0, 0.1) is 18.3 Å². The zero-order valence-electron chi connectivity index (χ0n) is 17.8. The molecule has 4 rings (SSSR count). The maximum Gasteiger partial charge on any atom is 0.157 e. The molecule has 0 aliphatic heterocycles. The molecule has 0 fully saturated rings. The van der Waals surface area contributed by atoms with Crippen LogP contribution in [0.25, 0.3) is 16.7 Å². The summed E-state index contributed by atoms with van der Waals surface area (Å²) in [6, 6.07) is 18.7. The van der Waals surface area contributed by atoms with E-state index < -0.39 is 0 Å². The van der Waals surface area contributed by atoms with Crippen molar-refractivity contribution in [2.75, 3.05) is 5.43 Å².